The second-order valence-electron chi connectivity index (χ2n) is 6.02. The van der Waals surface area contributed by atoms with Gasteiger partial charge in [0.2, 0.25) is 5.91 Å². The molecule has 5 heteroatoms. The second-order valence-corrected chi connectivity index (χ2v) is 6.02. The summed E-state index contributed by atoms with van der Waals surface area (Å²) >= 11 is 0. The predicted octanol–water partition coefficient (Wildman–Crippen LogP) is 3.17. The molecule has 5 nitrogen and oxygen atoms in total. The molecular weight excluding hydrogens is 314 g/mol. The van der Waals surface area contributed by atoms with E-state index < -0.39 is 0 Å². The van der Waals surface area contributed by atoms with Gasteiger partial charge in [-0.1, -0.05) is 47.5 Å². The summed E-state index contributed by atoms with van der Waals surface area (Å²) in [6.45, 7) is 3.90. The summed E-state index contributed by atoms with van der Waals surface area (Å²) in [6.07, 6.45) is 1.41. The fraction of sp³-hybridized carbons (Fsp3) is 0.150. The van der Waals surface area contributed by atoms with Gasteiger partial charge in [-0.05, 0) is 26.0 Å². The maximum absolute atomic E-state index is 12.3. The zero-order valence-corrected chi connectivity index (χ0v) is 14.2. The van der Waals surface area contributed by atoms with Gasteiger partial charge in [-0.15, -0.1) is 0 Å². The van der Waals surface area contributed by atoms with Crippen molar-refractivity contribution in [3.63, 3.8) is 0 Å². The Kier molecular flexibility index (Phi) is 4.75. The standard InChI is InChI=1S/C20H19N3O2/c1-14-3-7-16(8-4-14)18-11-20(25)23(13-21-18)12-19(24)22-17-9-5-15(2)6-10-17/h3-11,13H,12H2,1-2H3,(H,22,24). The van der Waals surface area contributed by atoms with E-state index in [0.29, 0.717) is 11.4 Å². The van der Waals surface area contributed by atoms with Crippen molar-refractivity contribution in [3.05, 3.63) is 82.4 Å². The molecule has 25 heavy (non-hydrogen) atoms. The molecule has 0 aliphatic heterocycles. The van der Waals surface area contributed by atoms with Crippen LogP contribution in [0, 0.1) is 13.8 Å². The second kappa shape index (κ2) is 7.13. The molecule has 3 rings (SSSR count). The molecule has 0 unspecified atom stereocenters. The summed E-state index contributed by atoms with van der Waals surface area (Å²) in [5, 5.41) is 2.77. The number of nitrogens with one attached hydrogen (secondary N) is 1. The van der Waals surface area contributed by atoms with Crippen molar-refractivity contribution in [3.8, 4) is 11.3 Å². The summed E-state index contributed by atoms with van der Waals surface area (Å²) in [5.41, 5.74) is 4.17. The van der Waals surface area contributed by atoms with Crippen molar-refractivity contribution in [2.45, 2.75) is 20.4 Å². The Balaban J connectivity index is 1.72. The average Bonchev–Trinajstić information content (AvgIpc) is 2.59. The van der Waals surface area contributed by atoms with E-state index in [0.717, 1.165) is 16.7 Å². The number of anilines is 1. The van der Waals surface area contributed by atoms with Crippen LogP contribution >= 0.6 is 0 Å². The number of aromatic nitrogens is 2. The van der Waals surface area contributed by atoms with Gasteiger partial charge in [0, 0.05) is 17.3 Å². The highest BCUT2D eigenvalue weighted by Gasteiger charge is 2.07. The highest BCUT2D eigenvalue weighted by Crippen LogP contribution is 2.15. The molecule has 2 aromatic carbocycles. The van der Waals surface area contributed by atoms with Gasteiger partial charge in [-0.3, -0.25) is 14.2 Å². The average molecular weight is 333 g/mol. The summed E-state index contributed by atoms with van der Waals surface area (Å²) in [6, 6.07) is 16.7. The monoisotopic (exact) mass is 333 g/mol. The van der Waals surface area contributed by atoms with E-state index in [-0.39, 0.29) is 18.0 Å². The first-order valence-electron chi connectivity index (χ1n) is 8.01. The lowest BCUT2D eigenvalue weighted by Gasteiger charge is -2.08. The van der Waals surface area contributed by atoms with Crippen LogP contribution < -0.4 is 10.9 Å². The first-order chi connectivity index (χ1) is 12.0. The first-order valence-corrected chi connectivity index (χ1v) is 8.01. The lowest BCUT2D eigenvalue weighted by atomic mass is 10.1. The van der Waals surface area contributed by atoms with Crippen LogP contribution in [0.25, 0.3) is 11.3 Å². The smallest absolute Gasteiger partial charge is 0.254 e. The Bertz CT molecular complexity index is 942. The Morgan fingerprint density at radius 2 is 1.60 bits per heavy atom. The number of hydrogen-bond donors (Lipinski definition) is 1. The highest BCUT2D eigenvalue weighted by molar-refractivity contribution is 5.90. The van der Waals surface area contributed by atoms with Crippen LogP contribution in [-0.2, 0) is 11.3 Å². The molecule has 0 spiro atoms. The number of carbonyl (C=O) groups excluding carboxylic acids is 1. The number of nitrogens with zero attached hydrogens (tertiary/aromatic N) is 2. The first kappa shape index (κ1) is 16.6. The van der Waals surface area contributed by atoms with Crippen molar-refractivity contribution in [1.29, 1.82) is 0 Å². The lowest BCUT2D eigenvalue weighted by Crippen LogP contribution is -2.27. The molecule has 0 fully saturated rings. The maximum atomic E-state index is 12.3. The van der Waals surface area contributed by atoms with E-state index in [2.05, 4.69) is 10.3 Å². The molecule has 0 radical (unpaired) electrons. The van der Waals surface area contributed by atoms with Crippen molar-refractivity contribution in [2.75, 3.05) is 5.32 Å². The van der Waals surface area contributed by atoms with Crippen molar-refractivity contribution < 1.29 is 4.79 Å². The Hall–Kier alpha value is -3.21. The van der Waals surface area contributed by atoms with Gasteiger partial charge < -0.3 is 5.32 Å². The van der Waals surface area contributed by atoms with Crippen LogP contribution in [0.1, 0.15) is 11.1 Å². The lowest BCUT2D eigenvalue weighted by molar-refractivity contribution is -0.116. The topological polar surface area (TPSA) is 64.0 Å². The fourth-order valence-corrected chi connectivity index (χ4v) is 2.42. The summed E-state index contributed by atoms with van der Waals surface area (Å²) in [7, 11) is 0. The van der Waals surface area contributed by atoms with Gasteiger partial charge in [0.25, 0.3) is 5.56 Å². The van der Waals surface area contributed by atoms with Crippen LogP contribution in [0.3, 0.4) is 0 Å². The molecule has 0 bridgehead atoms. The van der Waals surface area contributed by atoms with Crippen LogP contribution in [0.5, 0.6) is 0 Å². The number of amides is 1. The van der Waals surface area contributed by atoms with E-state index in [1.54, 1.807) is 0 Å². The molecule has 1 aromatic heterocycles. The van der Waals surface area contributed by atoms with E-state index in [1.807, 2.05) is 62.4 Å². The fourth-order valence-electron chi connectivity index (χ4n) is 2.42. The van der Waals surface area contributed by atoms with Gasteiger partial charge in [0.15, 0.2) is 0 Å². The zero-order chi connectivity index (χ0) is 17.8. The third-order valence-corrected chi connectivity index (χ3v) is 3.88. The number of hydrogen-bond acceptors (Lipinski definition) is 3. The van der Waals surface area contributed by atoms with Crippen LogP contribution in [-0.4, -0.2) is 15.5 Å². The Morgan fingerprint density at radius 1 is 1.00 bits per heavy atom. The van der Waals surface area contributed by atoms with E-state index in [9.17, 15) is 9.59 Å². The molecule has 0 atom stereocenters. The summed E-state index contributed by atoms with van der Waals surface area (Å²) < 4.78 is 1.29. The normalized spacial score (nSPS) is 10.5. The molecule has 0 saturated heterocycles. The van der Waals surface area contributed by atoms with Crippen LogP contribution in [0.2, 0.25) is 0 Å². The zero-order valence-electron chi connectivity index (χ0n) is 14.2. The van der Waals surface area contributed by atoms with E-state index in [4.69, 9.17) is 0 Å². The molecule has 3 aromatic rings. The largest absolute Gasteiger partial charge is 0.325 e. The van der Waals surface area contributed by atoms with Gasteiger partial charge >= 0.3 is 0 Å². The number of benzene rings is 2. The number of carbonyl (C=O) groups is 1. The minimum absolute atomic E-state index is 0.0755. The molecule has 0 aliphatic carbocycles. The third-order valence-electron chi connectivity index (χ3n) is 3.88. The Morgan fingerprint density at radius 3 is 2.20 bits per heavy atom. The van der Waals surface area contributed by atoms with Crippen molar-refractivity contribution in [1.82, 2.24) is 9.55 Å². The van der Waals surface area contributed by atoms with Crippen LogP contribution in [0.15, 0.2) is 65.7 Å². The summed E-state index contributed by atoms with van der Waals surface area (Å²) in [5.74, 6) is -0.268. The van der Waals surface area contributed by atoms with Gasteiger partial charge in [0.1, 0.15) is 6.54 Å². The van der Waals surface area contributed by atoms with Gasteiger partial charge in [0.05, 0.1) is 12.0 Å². The van der Waals surface area contributed by atoms with Crippen LogP contribution in [0.4, 0.5) is 5.69 Å². The number of aryl methyl sites for hydroxylation is 2. The molecule has 126 valence electrons. The van der Waals surface area contributed by atoms with Gasteiger partial charge in [-0.25, -0.2) is 4.98 Å². The molecule has 1 heterocycles. The Labute approximate surface area is 146 Å². The molecule has 1 N–H and O–H groups in total. The molecule has 1 amide bonds. The maximum Gasteiger partial charge on any atom is 0.254 e. The quantitative estimate of drug-likeness (QED) is 0.797. The minimum Gasteiger partial charge on any atom is -0.325 e. The summed E-state index contributed by atoms with van der Waals surface area (Å²) in [4.78, 5) is 28.7. The van der Waals surface area contributed by atoms with Crippen molar-refractivity contribution >= 4 is 11.6 Å². The van der Waals surface area contributed by atoms with E-state index in [1.165, 1.54) is 17.0 Å². The molecular formula is C20H19N3O2. The number of rotatable bonds is 4. The molecule has 0 aliphatic rings. The van der Waals surface area contributed by atoms with Crippen molar-refractivity contribution in [2.24, 2.45) is 0 Å². The predicted molar refractivity (Wildman–Crippen MR) is 98.5 cm³/mol. The highest BCUT2D eigenvalue weighted by atomic mass is 16.2. The SMILES string of the molecule is Cc1ccc(NC(=O)Cn2cnc(-c3ccc(C)cc3)cc2=O)cc1. The molecule has 0 saturated carbocycles. The minimum atomic E-state index is -0.268. The third kappa shape index (κ3) is 4.20. The van der Waals surface area contributed by atoms with Gasteiger partial charge in [-0.2, -0.15) is 0 Å². The van der Waals surface area contributed by atoms with E-state index >= 15 is 0 Å².